The van der Waals surface area contributed by atoms with Crippen LogP contribution in [0.15, 0.2) is 42.5 Å². The normalized spacial score (nSPS) is 10.0. The molecule has 0 atom stereocenters. The lowest BCUT2D eigenvalue weighted by atomic mass is 10.2. The van der Waals surface area contributed by atoms with E-state index >= 15 is 0 Å². The highest BCUT2D eigenvalue weighted by molar-refractivity contribution is 6.31. The lowest BCUT2D eigenvalue weighted by Crippen LogP contribution is -2.19. The molecule has 0 saturated heterocycles. The van der Waals surface area contributed by atoms with Crippen LogP contribution < -0.4 is 9.47 Å². The van der Waals surface area contributed by atoms with Gasteiger partial charge in [0.05, 0.1) is 12.0 Å². The quantitative estimate of drug-likeness (QED) is 0.335. The third-order valence-electron chi connectivity index (χ3n) is 2.97. The Morgan fingerprint density at radius 1 is 1.16 bits per heavy atom. The van der Waals surface area contributed by atoms with Crippen LogP contribution in [0.25, 0.3) is 0 Å². The highest BCUT2D eigenvalue weighted by Gasteiger charge is 2.17. The Labute approximate surface area is 147 Å². The number of carbonyl (C=O) groups excluding carboxylic acids is 2. The van der Waals surface area contributed by atoms with E-state index in [0.29, 0.717) is 0 Å². The van der Waals surface area contributed by atoms with Gasteiger partial charge in [-0.05, 0) is 30.3 Å². The molecule has 0 aliphatic carbocycles. The van der Waals surface area contributed by atoms with Crippen molar-refractivity contribution in [2.45, 2.75) is 0 Å². The number of nitro benzene ring substituents is 1. The minimum Gasteiger partial charge on any atom is -0.482 e. The second-order valence-electron chi connectivity index (χ2n) is 4.65. The summed E-state index contributed by atoms with van der Waals surface area (Å²) in [5.74, 6) is -1.24. The summed E-state index contributed by atoms with van der Waals surface area (Å²) in [5.41, 5.74) is -0.0995. The average molecular weight is 366 g/mol. The summed E-state index contributed by atoms with van der Waals surface area (Å²) in [7, 11) is 1.19. The number of methoxy groups -OCH3 is 1. The molecule has 0 spiro atoms. The fourth-order valence-electron chi connectivity index (χ4n) is 1.82. The molecular weight excluding hydrogens is 354 g/mol. The Hall–Kier alpha value is -3.13. The average Bonchev–Trinajstić information content (AvgIpc) is 2.61. The smallest absolute Gasteiger partial charge is 0.349 e. The third kappa shape index (κ3) is 4.92. The molecule has 0 fully saturated rings. The number of rotatable bonds is 6. The summed E-state index contributed by atoms with van der Waals surface area (Å²) >= 11 is 5.81. The topological polar surface area (TPSA) is 105 Å². The van der Waals surface area contributed by atoms with Crippen LogP contribution in [0.4, 0.5) is 5.69 Å². The SMILES string of the molecule is COC(=O)c1cc(Cl)ccc1OC(=O)COc1ccc([N+](=O)[O-])cc1. The number of non-ortho nitro benzene ring substituents is 1. The first-order valence-electron chi connectivity index (χ1n) is 6.86. The maximum Gasteiger partial charge on any atom is 0.349 e. The lowest BCUT2D eigenvalue weighted by molar-refractivity contribution is -0.384. The van der Waals surface area contributed by atoms with E-state index in [1.54, 1.807) is 0 Å². The van der Waals surface area contributed by atoms with Gasteiger partial charge in [-0.3, -0.25) is 10.1 Å². The molecule has 0 radical (unpaired) electrons. The molecule has 2 aromatic rings. The van der Waals surface area contributed by atoms with Gasteiger partial charge in [-0.25, -0.2) is 9.59 Å². The van der Waals surface area contributed by atoms with Gasteiger partial charge in [-0.15, -0.1) is 0 Å². The molecule has 25 heavy (non-hydrogen) atoms. The van der Waals surface area contributed by atoms with Gasteiger partial charge in [0.1, 0.15) is 17.1 Å². The molecule has 0 heterocycles. The van der Waals surface area contributed by atoms with Crippen LogP contribution in [0.2, 0.25) is 5.02 Å². The zero-order chi connectivity index (χ0) is 18.4. The summed E-state index contributed by atoms with van der Waals surface area (Å²) in [6.45, 7) is -0.457. The van der Waals surface area contributed by atoms with E-state index in [4.69, 9.17) is 21.1 Å². The van der Waals surface area contributed by atoms with Crippen molar-refractivity contribution in [2.24, 2.45) is 0 Å². The van der Waals surface area contributed by atoms with Gasteiger partial charge in [-0.1, -0.05) is 11.6 Å². The van der Waals surface area contributed by atoms with E-state index in [-0.39, 0.29) is 27.8 Å². The third-order valence-corrected chi connectivity index (χ3v) is 3.21. The van der Waals surface area contributed by atoms with Gasteiger partial charge < -0.3 is 14.2 Å². The van der Waals surface area contributed by atoms with Crippen molar-refractivity contribution in [3.63, 3.8) is 0 Å². The van der Waals surface area contributed by atoms with Crippen LogP contribution in [-0.4, -0.2) is 30.6 Å². The summed E-state index contributed by atoms with van der Waals surface area (Å²) in [5, 5.41) is 10.8. The van der Waals surface area contributed by atoms with Gasteiger partial charge in [0.2, 0.25) is 0 Å². The van der Waals surface area contributed by atoms with E-state index in [2.05, 4.69) is 4.74 Å². The largest absolute Gasteiger partial charge is 0.482 e. The standard InChI is InChI=1S/C16H12ClNO7/c1-23-16(20)13-8-10(17)2-7-14(13)25-15(19)9-24-12-5-3-11(4-6-12)18(21)22/h2-8H,9H2,1H3. The number of hydrogen-bond acceptors (Lipinski definition) is 7. The number of nitrogens with zero attached hydrogens (tertiary/aromatic N) is 1. The predicted octanol–water partition coefficient (Wildman–Crippen LogP) is 3.02. The minimum absolute atomic E-state index is 0.00122. The number of hydrogen-bond donors (Lipinski definition) is 0. The fourth-order valence-corrected chi connectivity index (χ4v) is 1.99. The Kier molecular flexibility index (Phi) is 5.91. The molecule has 0 amide bonds. The fraction of sp³-hybridized carbons (Fsp3) is 0.125. The van der Waals surface area contributed by atoms with Crippen LogP contribution in [-0.2, 0) is 9.53 Å². The molecule has 0 aromatic heterocycles. The number of benzene rings is 2. The molecule has 0 bridgehead atoms. The first-order valence-corrected chi connectivity index (χ1v) is 7.24. The van der Waals surface area contributed by atoms with Crippen molar-refractivity contribution in [3.05, 3.63) is 63.2 Å². The molecule has 2 aromatic carbocycles. The van der Waals surface area contributed by atoms with E-state index in [9.17, 15) is 19.7 Å². The van der Waals surface area contributed by atoms with Crippen LogP contribution in [0.1, 0.15) is 10.4 Å². The number of esters is 2. The van der Waals surface area contributed by atoms with Crippen molar-refractivity contribution in [2.75, 3.05) is 13.7 Å². The summed E-state index contributed by atoms with van der Waals surface area (Å²) in [6, 6.07) is 9.32. The first kappa shape index (κ1) is 18.2. The van der Waals surface area contributed by atoms with Crippen LogP contribution in [0.5, 0.6) is 11.5 Å². The van der Waals surface area contributed by atoms with Gasteiger partial charge in [0.25, 0.3) is 5.69 Å². The van der Waals surface area contributed by atoms with E-state index in [0.717, 1.165) is 0 Å². The molecule has 0 N–H and O–H groups in total. The first-order chi connectivity index (χ1) is 11.9. The number of carbonyl (C=O) groups is 2. The maximum atomic E-state index is 11.9. The zero-order valence-electron chi connectivity index (χ0n) is 12.9. The highest BCUT2D eigenvalue weighted by atomic mass is 35.5. The molecule has 2 rings (SSSR count). The highest BCUT2D eigenvalue weighted by Crippen LogP contribution is 2.24. The summed E-state index contributed by atoms with van der Waals surface area (Å²) in [6.07, 6.45) is 0. The van der Waals surface area contributed by atoms with Gasteiger partial charge in [-0.2, -0.15) is 0 Å². The summed E-state index contributed by atoms with van der Waals surface area (Å²) in [4.78, 5) is 33.6. The second kappa shape index (κ2) is 8.11. The zero-order valence-corrected chi connectivity index (χ0v) is 13.7. The molecule has 0 saturated carbocycles. The number of halogens is 1. The Morgan fingerprint density at radius 3 is 2.44 bits per heavy atom. The predicted molar refractivity (Wildman–Crippen MR) is 87.0 cm³/mol. The van der Waals surface area contributed by atoms with E-state index < -0.39 is 23.5 Å². The number of ether oxygens (including phenoxy) is 3. The Balaban J connectivity index is 2.01. The van der Waals surface area contributed by atoms with Crippen molar-refractivity contribution in [3.8, 4) is 11.5 Å². The van der Waals surface area contributed by atoms with Crippen molar-refractivity contribution in [1.29, 1.82) is 0 Å². The molecule has 130 valence electrons. The monoisotopic (exact) mass is 365 g/mol. The second-order valence-corrected chi connectivity index (χ2v) is 5.08. The van der Waals surface area contributed by atoms with Gasteiger partial charge >= 0.3 is 11.9 Å². The van der Waals surface area contributed by atoms with Crippen LogP contribution >= 0.6 is 11.6 Å². The molecule has 8 nitrogen and oxygen atoms in total. The van der Waals surface area contributed by atoms with Crippen LogP contribution in [0.3, 0.4) is 0 Å². The Bertz CT molecular complexity index is 805. The lowest BCUT2D eigenvalue weighted by Gasteiger charge is -2.10. The van der Waals surface area contributed by atoms with Crippen LogP contribution in [0, 0.1) is 10.1 Å². The molecule has 9 heteroatoms. The van der Waals surface area contributed by atoms with E-state index in [1.165, 1.54) is 49.6 Å². The molecule has 0 unspecified atom stereocenters. The number of nitro groups is 1. The van der Waals surface area contributed by atoms with Crippen molar-refractivity contribution in [1.82, 2.24) is 0 Å². The van der Waals surface area contributed by atoms with Crippen molar-refractivity contribution >= 4 is 29.2 Å². The minimum atomic E-state index is -0.772. The molecule has 0 aliphatic heterocycles. The van der Waals surface area contributed by atoms with Gasteiger partial charge in [0, 0.05) is 17.2 Å². The van der Waals surface area contributed by atoms with Gasteiger partial charge in [0.15, 0.2) is 6.61 Å². The molecular formula is C16H12ClNO7. The van der Waals surface area contributed by atoms with Crippen molar-refractivity contribution < 1.29 is 28.7 Å². The van der Waals surface area contributed by atoms with E-state index in [1.807, 2.05) is 0 Å². The summed E-state index contributed by atoms with van der Waals surface area (Å²) < 4.78 is 14.9. The molecule has 0 aliphatic rings. The Morgan fingerprint density at radius 2 is 1.84 bits per heavy atom. The maximum absolute atomic E-state index is 11.9.